The SMILES string of the molecule is CCc1ccc(COC(=O)c2cc(N)c(F)cc2Br)cc1. The molecule has 0 fully saturated rings. The van der Waals surface area contributed by atoms with Gasteiger partial charge in [-0.15, -0.1) is 0 Å². The molecule has 0 saturated carbocycles. The number of hydrogen-bond donors (Lipinski definition) is 1. The summed E-state index contributed by atoms with van der Waals surface area (Å²) in [7, 11) is 0. The lowest BCUT2D eigenvalue weighted by atomic mass is 10.1. The fourth-order valence-corrected chi connectivity index (χ4v) is 2.30. The Balaban J connectivity index is 2.06. The number of benzene rings is 2. The molecular weight excluding hydrogens is 337 g/mol. The molecular formula is C16H15BrFNO2. The van der Waals surface area contributed by atoms with Crippen molar-refractivity contribution in [2.24, 2.45) is 0 Å². The van der Waals surface area contributed by atoms with Crippen LogP contribution in [0.25, 0.3) is 0 Å². The van der Waals surface area contributed by atoms with Gasteiger partial charge in [0.2, 0.25) is 0 Å². The lowest BCUT2D eigenvalue weighted by molar-refractivity contribution is 0.0471. The fraction of sp³-hybridized carbons (Fsp3) is 0.188. The maximum atomic E-state index is 13.2. The van der Waals surface area contributed by atoms with Gasteiger partial charge in [-0.3, -0.25) is 0 Å². The Labute approximate surface area is 131 Å². The summed E-state index contributed by atoms with van der Waals surface area (Å²) < 4.78 is 18.8. The Hall–Kier alpha value is -1.88. The van der Waals surface area contributed by atoms with E-state index in [1.807, 2.05) is 24.3 Å². The number of hydrogen-bond acceptors (Lipinski definition) is 3. The highest BCUT2D eigenvalue weighted by atomic mass is 79.9. The summed E-state index contributed by atoms with van der Waals surface area (Å²) >= 11 is 3.13. The normalized spacial score (nSPS) is 10.4. The summed E-state index contributed by atoms with van der Waals surface area (Å²) in [5.41, 5.74) is 7.70. The minimum atomic E-state index is -0.575. The minimum absolute atomic E-state index is 0.0857. The molecule has 2 aromatic carbocycles. The molecule has 2 rings (SSSR count). The van der Waals surface area contributed by atoms with Crippen LogP contribution < -0.4 is 5.73 Å². The molecule has 0 spiro atoms. The Morgan fingerprint density at radius 3 is 2.48 bits per heavy atom. The first kappa shape index (κ1) is 15.5. The second-order valence-corrected chi connectivity index (χ2v) is 5.45. The zero-order valence-electron chi connectivity index (χ0n) is 11.5. The van der Waals surface area contributed by atoms with Crippen LogP contribution in [0.15, 0.2) is 40.9 Å². The van der Waals surface area contributed by atoms with Crippen molar-refractivity contribution in [1.29, 1.82) is 0 Å². The van der Waals surface area contributed by atoms with Gasteiger partial charge in [-0.25, -0.2) is 9.18 Å². The Kier molecular flexibility index (Phi) is 4.96. The van der Waals surface area contributed by atoms with E-state index in [4.69, 9.17) is 10.5 Å². The third-order valence-electron chi connectivity index (χ3n) is 3.11. The van der Waals surface area contributed by atoms with E-state index in [9.17, 15) is 9.18 Å². The summed E-state index contributed by atoms with van der Waals surface area (Å²) in [6, 6.07) is 10.2. The fourth-order valence-electron chi connectivity index (χ4n) is 1.82. The molecule has 2 aromatic rings. The average molecular weight is 352 g/mol. The van der Waals surface area contributed by atoms with Gasteiger partial charge in [-0.05, 0) is 45.6 Å². The Bertz CT molecular complexity index is 656. The van der Waals surface area contributed by atoms with E-state index < -0.39 is 11.8 Å². The number of halogens is 2. The van der Waals surface area contributed by atoms with Gasteiger partial charge >= 0.3 is 5.97 Å². The van der Waals surface area contributed by atoms with E-state index >= 15 is 0 Å². The number of rotatable bonds is 4. The van der Waals surface area contributed by atoms with E-state index in [1.165, 1.54) is 11.6 Å². The van der Waals surface area contributed by atoms with Crippen LogP contribution in [0.1, 0.15) is 28.4 Å². The van der Waals surface area contributed by atoms with Crippen molar-refractivity contribution in [3.05, 3.63) is 63.4 Å². The lowest BCUT2D eigenvalue weighted by Gasteiger charge is -2.08. The topological polar surface area (TPSA) is 52.3 Å². The zero-order valence-corrected chi connectivity index (χ0v) is 13.1. The summed E-state index contributed by atoms with van der Waals surface area (Å²) in [6.45, 7) is 2.23. The van der Waals surface area contributed by atoms with Crippen LogP contribution in [0.4, 0.5) is 10.1 Å². The van der Waals surface area contributed by atoms with Crippen molar-refractivity contribution >= 4 is 27.6 Å². The van der Waals surface area contributed by atoms with Gasteiger partial charge in [0.15, 0.2) is 0 Å². The van der Waals surface area contributed by atoms with E-state index in [0.29, 0.717) is 4.47 Å². The number of esters is 1. The molecule has 0 heterocycles. The molecule has 0 atom stereocenters. The van der Waals surface area contributed by atoms with E-state index in [0.717, 1.165) is 18.1 Å². The second-order valence-electron chi connectivity index (χ2n) is 4.60. The predicted octanol–water partition coefficient (Wildman–Crippen LogP) is 4.09. The highest BCUT2D eigenvalue weighted by molar-refractivity contribution is 9.10. The van der Waals surface area contributed by atoms with Crippen LogP contribution in [-0.4, -0.2) is 5.97 Å². The quantitative estimate of drug-likeness (QED) is 0.666. The molecule has 2 N–H and O–H groups in total. The number of ether oxygens (including phenoxy) is 1. The number of nitrogen functional groups attached to an aromatic ring is 1. The molecule has 0 saturated heterocycles. The third kappa shape index (κ3) is 3.82. The van der Waals surface area contributed by atoms with Gasteiger partial charge in [0.1, 0.15) is 12.4 Å². The van der Waals surface area contributed by atoms with Crippen molar-refractivity contribution in [3.63, 3.8) is 0 Å². The first-order valence-corrected chi connectivity index (χ1v) is 7.30. The second kappa shape index (κ2) is 6.72. The van der Waals surface area contributed by atoms with Gasteiger partial charge in [0, 0.05) is 4.47 Å². The molecule has 0 aliphatic rings. The molecule has 0 unspecified atom stereocenters. The van der Waals surface area contributed by atoms with Crippen LogP contribution >= 0.6 is 15.9 Å². The van der Waals surface area contributed by atoms with Crippen LogP contribution in [0.3, 0.4) is 0 Å². The highest BCUT2D eigenvalue weighted by Crippen LogP contribution is 2.23. The van der Waals surface area contributed by atoms with Crippen LogP contribution in [-0.2, 0) is 17.8 Å². The largest absolute Gasteiger partial charge is 0.457 e. The van der Waals surface area contributed by atoms with E-state index in [1.54, 1.807) is 0 Å². The standard InChI is InChI=1S/C16H15BrFNO2/c1-2-10-3-5-11(6-4-10)9-21-16(20)12-7-15(19)14(18)8-13(12)17/h3-8H,2,9,19H2,1H3. The van der Waals surface area contributed by atoms with Gasteiger partial charge < -0.3 is 10.5 Å². The van der Waals surface area contributed by atoms with Gasteiger partial charge in [-0.1, -0.05) is 31.2 Å². The van der Waals surface area contributed by atoms with E-state index in [2.05, 4.69) is 22.9 Å². The average Bonchev–Trinajstić information content (AvgIpc) is 2.49. The van der Waals surface area contributed by atoms with Crippen molar-refractivity contribution in [1.82, 2.24) is 0 Å². The molecule has 110 valence electrons. The third-order valence-corrected chi connectivity index (χ3v) is 3.76. The molecule has 0 aliphatic carbocycles. The smallest absolute Gasteiger partial charge is 0.339 e. The molecule has 0 bridgehead atoms. The summed E-state index contributed by atoms with van der Waals surface area (Å²) in [5.74, 6) is -1.12. The van der Waals surface area contributed by atoms with Crippen LogP contribution in [0.2, 0.25) is 0 Å². The number of carbonyl (C=O) groups excluding carboxylic acids is 1. The van der Waals surface area contributed by atoms with Crippen molar-refractivity contribution in [3.8, 4) is 0 Å². The zero-order chi connectivity index (χ0) is 15.4. The number of nitrogens with two attached hydrogens (primary N) is 1. The maximum Gasteiger partial charge on any atom is 0.339 e. The van der Waals surface area contributed by atoms with Crippen molar-refractivity contribution < 1.29 is 13.9 Å². The molecule has 0 aromatic heterocycles. The first-order chi connectivity index (χ1) is 10.0. The molecule has 0 radical (unpaired) electrons. The molecule has 21 heavy (non-hydrogen) atoms. The predicted molar refractivity (Wildman–Crippen MR) is 83.5 cm³/mol. The van der Waals surface area contributed by atoms with E-state index in [-0.39, 0.29) is 17.9 Å². The number of aryl methyl sites for hydroxylation is 1. The first-order valence-electron chi connectivity index (χ1n) is 6.50. The van der Waals surface area contributed by atoms with Crippen molar-refractivity contribution in [2.75, 3.05) is 5.73 Å². The summed E-state index contributed by atoms with van der Waals surface area (Å²) in [5, 5.41) is 0. The summed E-state index contributed by atoms with van der Waals surface area (Å²) in [4.78, 5) is 12.0. The molecule has 5 heteroatoms. The van der Waals surface area contributed by atoms with Crippen molar-refractivity contribution in [2.45, 2.75) is 20.0 Å². The molecule has 0 amide bonds. The van der Waals surface area contributed by atoms with Crippen LogP contribution in [0.5, 0.6) is 0 Å². The summed E-state index contributed by atoms with van der Waals surface area (Å²) in [6.07, 6.45) is 0.960. The van der Waals surface area contributed by atoms with Gasteiger partial charge in [-0.2, -0.15) is 0 Å². The number of anilines is 1. The molecule has 3 nitrogen and oxygen atoms in total. The lowest BCUT2D eigenvalue weighted by Crippen LogP contribution is -2.07. The van der Waals surface area contributed by atoms with Gasteiger partial charge in [0.05, 0.1) is 11.3 Å². The highest BCUT2D eigenvalue weighted by Gasteiger charge is 2.14. The minimum Gasteiger partial charge on any atom is -0.457 e. The van der Waals surface area contributed by atoms with Crippen LogP contribution in [0, 0.1) is 5.82 Å². The number of carbonyl (C=O) groups is 1. The van der Waals surface area contributed by atoms with Gasteiger partial charge in [0.25, 0.3) is 0 Å². The molecule has 0 aliphatic heterocycles. The Morgan fingerprint density at radius 1 is 1.24 bits per heavy atom. The maximum absolute atomic E-state index is 13.2. The Morgan fingerprint density at radius 2 is 1.86 bits per heavy atom. The monoisotopic (exact) mass is 351 g/mol.